The van der Waals surface area contributed by atoms with Crippen molar-refractivity contribution in [1.82, 2.24) is 0 Å². The Bertz CT molecular complexity index is 771. The highest BCUT2D eigenvalue weighted by Crippen LogP contribution is 2.34. The normalized spacial score (nSPS) is 13.2. The number of carbonyl (C=O) groups is 1. The highest BCUT2D eigenvalue weighted by molar-refractivity contribution is 8.38. The molecule has 1 amide bonds. The lowest BCUT2D eigenvalue weighted by Gasteiger charge is -2.14. The van der Waals surface area contributed by atoms with Crippen LogP contribution in [-0.2, 0) is 10.5 Å². The van der Waals surface area contributed by atoms with Crippen LogP contribution in [-0.4, -0.2) is 16.0 Å². The van der Waals surface area contributed by atoms with Crippen molar-refractivity contribution in [2.24, 2.45) is 4.99 Å². The lowest BCUT2D eigenvalue weighted by molar-refractivity contribution is -0.113. The van der Waals surface area contributed by atoms with E-state index in [0.717, 1.165) is 32.6 Å². The van der Waals surface area contributed by atoms with Crippen LogP contribution in [0.1, 0.15) is 16.7 Å². The lowest BCUT2D eigenvalue weighted by atomic mass is 10.1. The van der Waals surface area contributed by atoms with E-state index >= 15 is 0 Å². The summed E-state index contributed by atoms with van der Waals surface area (Å²) in [4.78, 5) is 16.8. The van der Waals surface area contributed by atoms with Crippen molar-refractivity contribution in [3.8, 4) is 0 Å². The van der Waals surface area contributed by atoms with Crippen LogP contribution in [0.2, 0.25) is 0 Å². The fourth-order valence-electron chi connectivity index (χ4n) is 2.27. The summed E-state index contributed by atoms with van der Waals surface area (Å²) in [6, 6.07) is 14.2. The van der Waals surface area contributed by atoms with Crippen molar-refractivity contribution >= 4 is 45.2 Å². The predicted molar refractivity (Wildman–Crippen MR) is 102 cm³/mol. The number of aryl methyl sites for hydroxylation is 2. The third-order valence-corrected chi connectivity index (χ3v) is 5.79. The van der Waals surface area contributed by atoms with Gasteiger partial charge in [0.25, 0.3) is 0 Å². The van der Waals surface area contributed by atoms with Crippen LogP contribution in [0.15, 0.2) is 47.5 Å². The first-order valence-electron chi connectivity index (χ1n) is 7.41. The van der Waals surface area contributed by atoms with Crippen LogP contribution in [0.25, 0.3) is 0 Å². The summed E-state index contributed by atoms with van der Waals surface area (Å²) in [5.41, 5.74) is 5.37. The van der Waals surface area contributed by atoms with Crippen LogP contribution in [0.3, 0.4) is 0 Å². The number of carbonyl (C=O) groups excluding carboxylic acids is 1. The van der Waals surface area contributed by atoms with E-state index in [1.165, 1.54) is 17.3 Å². The molecule has 0 atom stereocenters. The number of anilines is 1. The number of nitrogens with zero attached hydrogens (tertiary/aromatic N) is 1. The number of nitrogens with one attached hydrogen (secondary N) is 1. The Kier molecular flexibility index (Phi) is 5.08. The fraction of sp³-hybridized carbons (Fsp3) is 0.222. The molecule has 0 radical (unpaired) electrons. The van der Waals surface area contributed by atoms with Crippen molar-refractivity contribution in [3.05, 3.63) is 59.2 Å². The molecule has 0 spiro atoms. The molecule has 23 heavy (non-hydrogen) atoms. The van der Waals surface area contributed by atoms with Crippen LogP contribution in [0, 0.1) is 13.8 Å². The molecule has 3 nitrogen and oxygen atoms in total. The van der Waals surface area contributed by atoms with Crippen molar-refractivity contribution in [1.29, 1.82) is 0 Å². The van der Waals surface area contributed by atoms with Crippen LogP contribution in [0.4, 0.5) is 11.4 Å². The Labute approximate surface area is 145 Å². The van der Waals surface area contributed by atoms with E-state index in [1.807, 2.05) is 50.2 Å². The molecular weight excluding hydrogens is 324 g/mol. The van der Waals surface area contributed by atoms with Gasteiger partial charge in [0.1, 0.15) is 4.38 Å². The molecule has 1 aliphatic heterocycles. The summed E-state index contributed by atoms with van der Waals surface area (Å²) in [5, 5.41) is 2.99. The van der Waals surface area contributed by atoms with Gasteiger partial charge >= 0.3 is 0 Å². The highest BCUT2D eigenvalue weighted by atomic mass is 32.2. The summed E-state index contributed by atoms with van der Waals surface area (Å²) in [6.45, 7) is 4.02. The zero-order valence-electron chi connectivity index (χ0n) is 13.1. The molecule has 0 fully saturated rings. The maximum absolute atomic E-state index is 12.2. The van der Waals surface area contributed by atoms with Gasteiger partial charge in [-0.3, -0.25) is 4.79 Å². The van der Waals surface area contributed by atoms with Gasteiger partial charge in [-0.1, -0.05) is 53.9 Å². The standard InChI is InChI=1S/C18H18N2OS2/c1-12-7-8-13(2)16(9-12)19-17(21)11-23-18-20-15-6-4-3-5-14(15)10-22-18/h3-9H,10-11H2,1-2H3,(H,19,21). The van der Waals surface area contributed by atoms with Crippen molar-refractivity contribution in [2.75, 3.05) is 11.1 Å². The average molecular weight is 342 g/mol. The second-order valence-electron chi connectivity index (χ2n) is 5.45. The SMILES string of the molecule is Cc1ccc(C)c(NC(=O)CSC2=Nc3ccccc3CS2)c1. The van der Waals surface area contributed by atoms with Crippen molar-refractivity contribution < 1.29 is 4.79 Å². The van der Waals surface area contributed by atoms with Crippen molar-refractivity contribution in [2.45, 2.75) is 19.6 Å². The van der Waals surface area contributed by atoms with Crippen LogP contribution in [0.5, 0.6) is 0 Å². The molecule has 0 bridgehead atoms. The van der Waals surface area contributed by atoms with Gasteiger partial charge in [0.15, 0.2) is 0 Å². The largest absolute Gasteiger partial charge is 0.325 e. The maximum atomic E-state index is 12.2. The molecule has 5 heteroatoms. The summed E-state index contributed by atoms with van der Waals surface area (Å²) >= 11 is 3.19. The maximum Gasteiger partial charge on any atom is 0.234 e. The van der Waals surface area contributed by atoms with Gasteiger partial charge in [-0.05, 0) is 42.7 Å². The van der Waals surface area contributed by atoms with Crippen molar-refractivity contribution in [3.63, 3.8) is 0 Å². The molecule has 2 aromatic rings. The molecule has 0 unspecified atom stereocenters. The van der Waals surface area contributed by atoms with E-state index in [4.69, 9.17) is 0 Å². The molecule has 3 rings (SSSR count). The molecule has 1 N–H and O–H groups in total. The number of fused-ring (bicyclic) bond motifs is 1. The second-order valence-corrected chi connectivity index (χ2v) is 7.64. The molecule has 0 aromatic heterocycles. The fourth-order valence-corrected chi connectivity index (χ4v) is 4.13. The topological polar surface area (TPSA) is 41.5 Å². The van der Waals surface area contributed by atoms with Gasteiger partial charge in [-0.2, -0.15) is 0 Å². The third kappa shape index (κ3) is 4.18. The van der Waals surface area contributed by atoms with Gasteiger partial charge < -0.3 is 5.32 Å². The molecule has 118 valence electrons. The third-order valence-electron chi connectivity index (χ3n) is 3.55. The van der Waals surface area contributed by atoms with Gasteiger partial charge in [0, 0.05) is 11.4 Å². The number of rotatable bonds is 3. The molecule has 2 aromatic carbocycles. The number of para-hydroxylation sites is 1. The Morgan fingerprint density at radius 2 is 2.09 bits per heavy atom. The first-order valence-corrected chi connectivity index (χ1v) is 9.38. The number of aliphatic imine (C=N–C) groups is 1. The molecule has 0 saturated carbocycles. The number of hydrogen-bond donors (Lipinski definition) is 1. The van der Waals surface area contributed by atoms with E-state index in [2.05, 4.69) is 16.4 Å². The first kappa shape index (κ1) is 16.1. The summed E-state index contributed by atoms with van der Waals surface area (Å²) < 4.78 is 0.958. The van der Waals surface area contributed by atoms with E-state index < -0.39 is 0 Å². The Hall–Kier alpha value is -1.72. The van der Waals surface area contributed by atoms with E-state index in [-0.39, 0.29) is 5.91 Å². The minimum absolute atomic E-state index is 0.00542. The smallest absolute Gasteiger partial charge is 0.234 e. The average Bonchev–Trinajstić information content (AvgIpc) is 2.56. The molecular formula is C18H18N2OS2. The Morgan fingerprint density at radius 3 is 2.96 bits per heavy atom. The number of hydrogen-bond acceptors (Lipinski definition) is 4. The van der Waals surface area contributed by atoms with Crippen LogP contribution >= 0.6 is 23.5 Å². The lowest BCUT2D eigenvalue weighted by Crippen LogP contribution is -2.16. The van der Waals surface area contributed by atoms with Gasteiger partial charge in [0.05, 0.1) is 11.4 Å². The van der Waals surface area contributed by atoms with Gasteiger partial charge in [-0.25, -0.2) is 4.99 Å². The zero-order valence-corrected chi connectivity index (χ0v) is 14.8. The molecule has 1 aliphatic rings. The van der Waals surface area contributed by atoms with Crippen LogP contribution < -0.4 is 5.32 Å². The van der Waals surface area contributed by atoms with E-state index in [9.17, 15) is 4.79 Å². The van der Waals surface area contributed by atoms with E-state index in [1.54, 1.807) is 11.8 Å². The summed E-state index contributed by atoms with van der Waals surface area (Å²) in [6.07, 6.45) is 0. The first-order chi connectivity index (χ1) is 11.1. The zero-order chi connectivity index (χ0) is 16.2. The number of amides is 1. The molecule has 0 saturated heterocycles. The quantitative estimate of drug-likeness (QED) is 0.862. The van der Waals surface area contributed by atoms with E-state index in [0.29, 0.717) is 5.75 Å². The Balaban J connectivity index is 1.60. The minimum Gasteiger partial charge on any atom is -0.325 e. The van der Waals surface area contributed by atoms with Gasteiger partial charge in [-0.15, -0.1) is 0 Å². The highest BCUT2D eigenvalue weighted by Gasteiger charge is 2.14. The molecule has 1 heterocycles. The number of benzene rings is 2. The summed E-state index contributed by atoms with van der Waals surface area (Å²) in [7, 11) is 0. The molecule has 0 aliphatic carbocycles. The minimum atomic E-state index is 0.00542. The predicted octanol–water partition coefficient (Wildman–Crippen LogP) is 4.91. The second kappa shape index (κ2) is 7.23. The van der Waals surface area contributed by atoms with Gasteiger partial charge in [0.2, 0.25) is 5.91 Å². The Morgan fingerprint density at radius 1 is 1.26 bits per heavy atom. The summed E-state index contributed by atoms with van der Waals surface area (Å²) in [5.74, 6) is 1.30. The number of thioether (sulfide) groups is 2. The monoisotopic (exact) mass is 342 g/mol.